The summed E-state index contributed by atoms with van der Waals surface area (Å²) in [6, 6.07) is 11.0. The van der Waals surface area contributed by atoms with Crippen LogP contribution in [0.3, 0.4) is 0 Å². The fraction of sp³-hybridized carbons (Fsp3) is 0.348. The standard InChI is InChI=1S/C23H26N2O5S/c1-5-6-7-15-8-10-17-20(12-15)31-23(25(17)14-21(26)30-4)24-22(27)16-9-11-18(28-2)19(13-16)29-3/h8-13H,5-7,14H2,1-4H3. The van der Waals surface area contributed by atoms with E-state index in [1.54, 1.807) is 22.8 Å². The minimum Gasteiger partial charge on any atom is -0.493 e. The van der Waals surface area contributed by atoms with Crippen molar-refractivity contribution in [3.8, 4) is 11.5 Å². The van der Waals surface area contributed by atoms with Crippen molar-refractivity contribution in [1.82, 2.24) is 4.57 Å². The Labute approximate surface area is 184 Å². The summed E-state index contributed by atoms with van der Waals surface area (Å²) in [7, 11) is 4.38. The molecule has 0 saturated heterocycles. The molecular weight excluding hydrogens is 416 g/mol. The molecule has 31 heavy (non-hydrogen) atoms. The van der Waals surface area contributed by atoms with E-state index >= 15 is 0 Å². The van der Waals surface area contributed by atoms with Gasteiger partial charge in [-0.3, -0.25) is 9.59 Å². The highest BCUT2D eigenvalue weighted by Crippen LogP contribution is 2.28. The number of benzene rings is 2. The first-order valence-corrected chi connectivity index (χ1v) is 10.8. The maximum atomic E-state index is 12.9. The van der Waals surface area contributed by atoms with E-state index < -0.39 is 11.9 Å². The van der Waals surface area contributed by atoms with Gasteiger partial charge in [0, 0.05) is 5.56 Å². The molecule has 2 aromatic carbocycles. The summed E-state index contributed by atoms with van der Waals surface area (Å²) < 4.78 is 18.0. The van der Waals surface area contributed by atoms with Gasteiger partial charge in [0.15, 0.2) is 16.3 Å². The first-order valence-electron chi connectivity index (χ1n) is 10.0. The van der Waals surface area contributed by atoms with Gasteiger partial charge in [-0.25, -0.2) is 0 Å². The Hall–Kier alpha value is -3.13. The quantitative estimate of drug-likeness (QED) is 0.493. The molecule has 0 radical (unpaired) electrons. The van der Waals surface area contributed by atoms with E-state index in [0.29, 0.717) is 21.9 Å². The van der Waals surface area contributed by atoms with E-state index in [9.17, 15) is 9.59 Å². The van der Waals surface area contributed by atoms with E-state index in [0.717, 1.165) is 29.5 Å². The number of rotatable bonds is 8. The number of methoxy groups -OCH3 is 3. The van der Waals surface area contributed by atoms with E-state index in [4.69, 9.17) is 14.2 Å². The first-order chi connectivity index (χ1) is 15.0. The Morgan fingerprint density at radius 1 is 1.03 bits per heavy atom. The summed E-state index contributed by atoms with van der Waals surface area (Å²) in [6.45, 7) is 2.13. The topological polar surface area (TPSA) is 79.1 Å². The SMILES string of the molecule is CCCCc1ccc2c(c1)sc(=NC(=O)c1ccc(OC)c(OC)c1)n2CC(=O)OC. The molecule has 0 saturated carbocycles. The number of unbranched alkanes of at least 4 members (excludes halogenated alkanes) is 1. The van der Waals surface area contributed by atoms with Crippen LogP contribution >= 0.6 is 11.3 Å². The molecule has 0 bridgehead atoms. The van der Waals surface area contributed by atoms with Crippen molar-refractivity contribution in [2.24, 2.45) is 4.99 Å². The summed E-state index contributed by atoms with van der Waals surface area (Å²) in [4.78, 5) is 29.6. The summed E-state index contributed by atoms with van der Waals surface area (Å²) in [5.41, 5.74) is 2.43. The molecule has 7 nitrogen and oxygen atoms in total. The highest BCUT2D eigenvalue weighted by molar-refractivity contribution is 7.16. The molecule has 0 N–H and O–H groups in total. The van der Waals surface area contributed by atoms with Crippen LogP contribution in [0.4, 0.5) is 0 Å². The molecular formula is C23H26N2O5S. The Morgan fingerprint density at radius 3 is 2.48 bits per heavy atom. The number of aromatic nitrogens is 1. The third-order valence-electron chi connectivity index (χ3n) is 4.91. The lowest BCUT2D eigenvalue weighted by molar-refractivity contribution is -0.141. The number of hydrogen-bond donors (Lipinski definition) is 0. The third-order valence-corrected chi connectivity index (χ3v) is 5.95. The fourth-order valence-electron chi connectivity index (χ4n) is 3.21. The van der Waals surface area contributed by atoms with Crippen LogP contribution in [-0.4, -0.2) is 37.8 Å². The number of hydrogen-bond acceptors (Lipinski definition) is 6. The molecule has 1 aromatic heterocycles. The predicted molar refractivity (Wildman–Crippen MR) is 120 cm³/mol. The summed E-state index contributed by atoms with van der Waals surface area (Å²) in [5, 5.41) is 0. The lowest BCUT2D eigenvalue weighted by atomic mass is 10.1. The van der Waals surface area contributed by atoms with Crippen LogP contribution in [0.15, 0.2) is 41.4 Å². The zero-order chi connectivity index (χ0) is 22.4. The number of aryl methyl sites for hydroxylation is 1. The van der Waals surface area contributed by atoms with Crippen LogP contribution in [0.1, 0.15) is 35.7 Å². The average Bonchev–Trinajstić information content (AvgIpc) is 3.12. The molecule has 0 aliphatic rings. The molecule has 0 atom stereocenters. The van der Waals surface area contributed by atoms with Crippen LogP contribution < -0.4 is 14.3 Å². The van der Waals surface area contributed by atoms with Crippen LogP contribution in [0.5, 0.6) is 11.5 Å². The largest absolute Gasteiger partial charge is 0.493 e. The molecule has 3 rings (SSSR count). The van der Waals surface area contributed by atoms with Gasteiger partial charge in [-0.05, 0) is 48.7 Å². The zero-order valence-corrected chi connectivity index (χ0v) is 19.0. The Balaban J connectivity index is 2.07. The smallest absolute Gasteiger partial charge is 0.325 e. The summed E-state index contributed by atoms with van der Waals surface area (Å²) in [5.74, 6) is 0.135. The number of amides is 1. The number of ether oxygens (including phenoxy) is 3. The van der Waals surface area contributed by atoms with Gasteiger partial charge in [0.25, 0.3) is 5.91 Å². The molecule has 0 unspecified atom stereocenters. The summed E-state index contributed by atoms with van der Waals surface area (Å²) in [6.07, 6.45) is 3.21. The second-order valence-electron chi connectivity index (χ2n) is 6.94. The van der Waals surface area contributed by atoms with Gasteiger partial charge in [-0.2, -0.15) is 4.99 Å². The maximum Gasteiger partial charge on any atom is 0.325 e. The molecule has 8 heteroatoms. The summed E-state index contributed by atoms with van der Waals surface area (Å²) >= 11 is 1.38. The number of thiazole rings is 1. The number of fused-ring (bicyclic) bond motifs is 1. The van der Waals surface area contributed by atoms with E-state index in [1.807, 2.05) is 6.07 Å². The van der Waals surface area contributed by atoms with Gasteiger partial charge >= 0.3 is 5.97 Å². The van der Waals surface area contributed by atoms with Crippen LogP contribution in [0.2, 0.25) is 0 Å². The van der Waals surface area contributed by atoms with Crippen LogP contribution in [-0.2, 0) is 22.5 Å². The lowest BCUT2D eigenvalue weighted by Gasteiger charge is -2.08. The Morgan fingerprint density at radius 2 is 1.81 bits per heavy atom. The molecule has 164 valence electrons. The van der Waals surface area contributed by atoms with Gasteiger partial charge in [-0.15, -0.1) is 0 Å². The highest BCUT2D eigenvalue weighted by Gasteiger charge is 2.14. The van der Waals surface area contributed by atoms with E-state index in [-0.39, 0.29) is 6.54 Å². The lowest BCUT2D eigenvalue weighted by Crippen LogP contribution is -2.22. The minimum absolute atomic E-state index is 0.0249. The number of carbonyl (C=O) groups excluding carboxylic acids is 2. The van der Waals surface area contributed by atoms with Crippen molar-refractivity contribution in [2.45, 2.75) is 32.7 Å². The van der Waals surface area contributed by atoms with Gasteiger partial charge in [0.1, 0.15) is 6.54 Å². The van der Waals surface area contributed by atoms with Crippen molar-refractivity contribution in [3.05, 3.63) is 52.3 Å². The van der Waals surface area contributed by atoms with Crippen molar-refractivity contribution in [3.63, 3.8) is 0 Å². The molecule has 0 aliphatic carbocycles. The van der Waals surface area contributed by atoms with Crippen LogP contribution in [0, 0.1) is 0 Å². The third kappa shape index (κ3) is 5.14. The Bertz CT molecular complexity index is 1160. The van der Waals surface area contributed by atoms with Gasteiger partial charge in [-0.1, -0.05) is 30.7 Å². The van der Waals surface area contributed by atoms with Crippen molar-refractivity contribution in [1.29, 1.82) is 0 Å². The van der Waals surface area contributed by atoms with E-state index in [1.165, 1.54) is 38.2 Å². The van der Waals surface area contributed by atoms with Crippen LogP contribution in [0.25, 0.3) is 10.2 Å². The monoisotopic (exact) mass is 442 g/mol. The second-order valence-corrected chi connectivity index (χ2v) is 7.95. The fourth-order valence-corrected chi connectivity index (χ4v) is 4.30. The molecule has 3 aromatic rings. The molecule has 0 aliphatic heterocycles. The second kappa shape index (κ2) is 10.3. The van der Waals surface area contributed by atoms with E-state index in [2.05, 4.69) is 24.0 Å². The first kappa shape index (κ1) is 22.6. The maximum absolute atomic E-state index is 12.9. The highest BCUT2D eigenvalue weighted by atomic mass is 32.1. The zero-order valence-electron chi connectivity index (χ0n) is 18.1. The van der Waals surface area contributed by atoms with Crippen molar-refractivity contribution < 1.29 is 23.8 Å². The average molecular weight is 443 g/mol. The normalized spacial score (nSPS) is 11.5. The van der Waals surface area contributed by atoms with Gasteiger partial charge in [0.05, 0.1) is 31.5 Å². The number of esters is 1. The molecule has 0 fully saturated rings. The van der Waals surface area contributed by atoms with Crippen molar-refractivity contribution >= 4 is 33.4 Å². The molecule has 0 spiro atoms. The molecule has 1 amide bonds. The number of nitrogens with zero attached hydrogens (tertiary/aromatic N) is 2. The Kier molecular flexibility index (Phi) is 7.46. The minimum atomic E-state index is -0.433. The molecule has 1 heterocycles. The predicted octanol–water partition coefficient (Wildman–Crippen LogP) is 3.98. The van der Waals surface area contributed by atoms with Gasteiger partial charge < -0.3 is 18.8 Å². The number of carbonyl (C=O) groups is 2. The van der Waals surface area contributed by atoms with Gasteiger partial charge in [0.2, 0.25) is 0 Å². The van der Waals surface area contributed by atoms with Crippen molar-refractivity contribution in [2.75, 3.05) is 21.3 Å².